The Morgan fingerprint density at radius 1 is 1.13 bits per heavy atom. The Balaban J connectivity index is 1.73. The molecule has 4 nitrogen and oxygen atoms in total. The summed E-state index contributed by atoms with van der Waals surface area (Å²) in [7, 11) is 0. The maximum Gasteiger partial charge on any atom is 0.222 e. The Morgan fingerprint density at radius 3 is 2.74 bits per heavy atom. The van der Waals surface area contributed by atoms with Crippen LogP contribution in [0.4, 0.5) is 10.3 Å². The molecule has 1 aromatic heterocycles. The highest BCUT2D eigenvalue weighted by atomic mass is 35.5. The molecule has 0 bridgehead atoms. The molecule has 0 spiro atoms. The van der Waals surface area contributed by atoms with E-state index in [4.69, 9.17) is 11.6 Å². The second-order valence-corrected chi connectivity index (χ2v) is 6.02. The first kappa shape index (κ1) is 14.2. The first-order valence-electron chi connectivity index (χ1n) is 7.38. The number of rotatable bonds is 2. The monoisotopic (exact) mass is 328 g/mol. The van der Waals surface area contributed by atoms with E-state index < -0.39 is 0 Å². The minimum Gasteiger partial charge on any atom is -0.348 e. The molecule has 6 heteroatoms. The molecule has 0 radical (unpaired) electrons. The Hall–Kier alpha value is -2.40. The maximum absolute atomic E-state index is 13.2. The van der Waals surface area contributed by atoms with Gasteiger partial charge in [-0.2, -0.15) is 10.1 Å². The van der Waals surface area contributed by atoms with Gasteiger partial charge in [0, 0.05) is 5.02 Å². The summed E-state index contributed by atoms with van der Waals surface area (Å²) in [4.78, 5) is 4.28. The van der Waals surface area contributed by atoms with Crippen molar-refractivity contribution < 1.29 is 4.39 Å². The van der Waals surface area contributed by atoms with Gasteiger partial charge >= 0.3 is 0 Å². The molecule has 0 saturated heterocycles. The molecule has 4 rings (SSSR count). The summed E-state index contributed by atoms with van der Waals surface area (Å²) < 4.78 is 15.0. The van der Waals surface area contributed by atoms with Crippen molar-refractivity contribution in [2.75, 3.05) is 5.32 Å². The van der Waals surface area contributed by atoms with Gasteiger partial charge in [-0.05, 0) is 41.8 Å². The maximum atomic E-state index is 13.2. The quantitative estimate of drug-likeness (QED) is 0.766. The van der Waals surface area contributed by atoms with Crippen molar-refractivity contribution >= 4 is 17.5 Å². The third-order valence-electron chi connectivity index (χ3n) is 4.14. The Bertz CT molecular complexity index is 831. The topological polar surface area (TPSA) is 42.7 Å². The van der Waals surface area contributed by atoms with Gasteiger partial charge < -0.3 is 5.32 Å². The molecule has 116 valence electrons. The van der Waals surface area contributed by atoms with Crippen LogP contribution in [0.5, 0.6) is 0 Å². The van der Waals surface area contributed by atoms with Crippen LogP contribution in [0.2, 0.25) is 5.02 Å². The zero-order chi connectivity index (χ0) is 15.8. The summed E-state index contributed by atoms with van der Waals surface area (Å²) in [6.45, 7) is 0. The zero-order valence-electron chi connectivity index (χ0n) is 12.2. The third kappa shape index (κ3) is 2.68. The molecule has 23 heavy (non-hydrogen) atoms. The van der Waals surface area contributed by atoms with Gasteiger partial charge in [-0.1, -0.05) is 35.9 Å². The second-order valence-electron chi connectivity index (χ2n) is 5.58. The van der Waals surface area contributed by atoms with Crippen LogP contribution in [0.15, 0.2) is 54.9 Å². The third-order valence-corrected chi connectivity index (χ3v) is 4.37. The average Bonchev–Trinajstić information content (AvgIpc) is 3.03. The average molecular weight is 329 g/mol. The fourth-order valence-electron chi connectivity index (χ4n) is 3.02. The second kappa shape index (κ2) is 5.66. The molecule has 1 N–H and O–H groups in total. The van der Waals surface area contributed by atoms with Gasteiger partial charge in [0.15, 0.2) is 0 Å². The van der Waals surface area contributed by atoms with Gasteiger partial charge in [-0.25, -0.2) is 9.07 Å². The lowest BCUT2D eigenvalue weighted by atomic mass is 9.93. The highest BCUT2D eigenvalue weighted by Gasteiger charge is 2.29. The van der Waals surface area contributed by atoms with E-state index in [1.807, 2.05) is 28.9 Å². The van der Waals surface area contributed by atoms with Crippen LogP contribution >= 0.6 is 11.6 Å². The van der Waals surface area contributed by atoms with E-state index >= 15 is 0 Å². The Labute approximate surface area is 137 Å². The van der Waals surface area contributed by atoms with Crippen molar-refractivity contribution in [2.24, 2.45) is 0 Å². The van der Waals surface area contributed by atoms with Crippen LogP contribution in [0, 0.1) is 5.82 Å². The lowest BCUT2D eigenvalue weighted by molar-refractivity contribution is 0.430. The number of fused-ring (bicyclic) bond motifs is 1. The minimum atomic E-state index is -0.237. The van der Waals surface area contributed by atoms with E-state index in [0.29, 0.717) is 11.0 Å². The van der Waals surface area contributed by atoms with Crippen molar-refractivity contribution in [1.82, 2.24) is 14.8 Å². The lowest BCUT2D eigenvalue weighted by Crippen LogP contribution is -2.28. The normalized spacial score (nSPS) is 19.9. The predicted molar refractivity (Wildman–Crippen MR) is 87.0 cm³/mol. The molecule has 0 aliphatic carbocycles. The molecule has 3 aromatic rings. The van der Waals surface area contributed by atoms with Gasteiger partial charge in [0.1, 0.15) is 12.1 Å². The first-order valence-corrected chi connectivity index (χ1v) is 7.75. The van der Waals surface area contributed by atoms with E-state index in [1.54, 1.807) is 12.1 Å². The number of anilines is 1. The summed E-state index contributed by atoms with van der Waals surface area (Å²) in [5, 5.41) is 8.38. The van der Waals surface area contributed by atoms with Crippen molar-refractivity contribution in [3.63, 3.8) is 0 Å². The summed E-state index contributed by atoms with van der Waals surface area (Å²) in [6.07, 6.45) is 2.31. The zero-order valence-corrected chi connectivity index (χ0v) is 12.9. The van der Waals surface area contributed by atoms with Crippen LogP contribution < -0.4 is 5.32 Å². The van der Waals surface area contributed by atoms with Crippen molar-refractivity contribution in [3.05, 3.63) is 76.8 Å². The number of hydrogen-bond donors (Lipinski definition) is 1. The summed E-state index contributed by atoms with van der Waals surface area (Å²) in [6, 6.07) is 14.4. The predicted octanol–water partition coefficient (Wildman–Crippen LogP) is 4.22. The summed E-state index contributed by atoms with van der Waals surface area (Å²) in [5.74, 6) is 0.467. The molecule has 1 aliphatic heterocycles. The SMILES string of the molecule is Fc1ccc([C@@H]2C[C@@H](c3cccc(Cl)c3)n3ncnc3N2)cc1. The van der Waals surface area contributed by atoms with E-state index in [2.05, 4.69) is 15.4 Å². The molecule has 0 saturated carbocycles. The van der Waals surface area contributed by atoms with E-state index in [-0.39, 0.29) is 17.9 Å². The standard InChI is InChI=1S/C17H14ClFN4/c18-13-3-1-2-12(8-13)16-9-15(11-4-6-14(19)7-5-11)22-17-20-10-21-23(16)17/h1-8,10,15-16H,9H2,(H,20,21,22)/t15-,16-/m0/s1. The molecule has 2 heterocycles. The highest BCUT2D eigenvalue weighted by Crippen LogP contribution is 2.37. The van der Waals surface area contributed by atoms with Crippen LogP contribution in [0.3, 0.4) is 0 Å². The van der Waals surface area contributed by atoms with Crippen molar-refractivity contribution in [3.8, 4) is 0 Å². The largest absolute Gasteiger partial charge is 0.348 e. The summed E-state index contributed by atoms with van der Waals surface area (Å²) in [5.41, 5.74) is 2.10. The van der Waals surface area contributed by atoms with Crippen LogP contribution in [0.25, 0.3) is 0 Å². The molecule has 0 amide bonds. The molecular weight excluding hydrogens is 315 g/mol. The highest BCUT2D eigenvalue weighted by molar-refractivity contribution is 6.30. The molecule has 0 fully saturated rings. The molecule has 2 aromatic carbocycles. The number of hydrogen-bond acceptors (Lipinski definition) is 3. The fraction of sp³-hybridized carbons (Fsp3) is 0.176. The van der Waals surface area contributed by atoms with Gasteiger partial charge in [-0.15, -0.1) is 0 Å². The smallest absolute Gasteiger partial charge is 0.222 e. The summed E-state index contributed by atoms with van der Waals surface area (Å²) >= 11 is 6.13. The van der Waals surface area contributed by atoms with Gasteiger partial charge in [0.05, 0.1) is 12.1 Å². The molecule has 1 aliphatic rings. The number of nitrogens with zero attached hydrogens (tertiary/aromatic N) is 3. The fourth-order valence-corrected chi connectivity index (χ4v) is 3.22. The van der Waals surface area contributed by atoms with E-state index in [1.165, 1.54) is 18.5 Å². The van der Waals surface area contributed by atoms with Gasteiger partial charge in [-0.3, -0.25) is 0 Å². The number of aromatic nitrogens is 3. The van der Waals surface area contributed by atoms with Gasteiger partial charge in [0.25, 0.3) is 0 Å². The molecular formula is C17H14ClFN4. The van der Waals surface area contributed by atoms with Crippen LogP contribution in [0.1, 0.15) is 29.6 Å². The van der Waals surface area contributed by atoms with Gasteiger partial charge in [0.2, 0.25) is 5.95 Å². The van der Waals surface area contributed by atoms with Crippen LogP contribution in [-0.2, 0) is 0 Å². The van der Waals surface area contributed by atoms with E-state index in [9.17, 15) is 4.39 Å². The molecule has 2 atom stereocenters. The Morgan fingerprint density at radius 2 is 1.96 bits per heavy atom. The van der Waals surface area contributed by atoms with Crippen molar-refractivity contribution in [2.45, 2.75) is 18.5 Å². The van der Waals surface area contributed by atoms with Crippen molar-refractivity contribution in [1.29, 1.82) is 0 Å². The number of benzene rings is 2. The minimum absolute atomic E-state index is 0.0301. The van der Waals surface area contributed by atoms with Crippen LogP contribution in [-0.4, -0.2) is 14.8 Å². The van der Waals surface area contributed by atoms with E-state index in [0.717, 1.165) is 17.5 Å². The lowest BCUT2D eigenvalue weighted by Gasteiger charge is -2.31. The Kier molecular flexibility index (Phi) is 3.50. The number of nitrogens with one attached hydrogen (secondary N) is 1. The first-order chi connectivity index (χ1) is 11.2. The molecule has 0 unspecified atom stereocenters. The number of halogens is 2.